The van der Waals surface area contributed by atoms with E-state index in [1.54, 1.807) is 13.8 Å². The second-order valence-corrected chi connectivity index (χ2v) is 2.14. The summed E-state index contributed by atoms with van der Waals surface area (Å²) in [6, 6.07) is -0.0844. The van der Waals surface area contributed by atoms with Crippen LogP contribution >= 0.6 is 0 Å². The van der Waals surface area contributed by atoms with Crippen molar-refractivity contribution in [2.45, 2.75) is 32.7 Å². The molecule has 47 valence electrons. The molecule has 2 nitrogen and oxygen atoms in total. The molecule has 0 saturated carbocycles. The summed E-state index contributed by atoms with van der Waals surface area (Å²) in [6.45, 7) is 3.35. The SMILES string of the molecule is CC(=O)CCC(C)[NH]. The van der Waals surface area contributed by atoms with Gasteiger partial charge in [0.25, 0.3) is 0 Å². The molecule has 0 aliphatic heterocycles. The molecule has 0 saturated heterocycles. The predicted octanol–water partition coefficient (Wildman–Crippen LogP) is 1.03. The molecule has 1 atom stereocenters. The molecule has 1 N–H and O–H groups in total. The first-order valence-electron chi connectivity index (χ1n) is 2.83. The number of nitrogens with one attached hydrogen (secondary N) is 1. The zero-order valence-corrected chi connectivity index (χ0v) is 5.40. The first-order chi connectivity index (χ1) is 3.63. The normalized spacial score (nSPS) is 13.4. The zero-order valence-electron chi connectivity index (χ0n) is 5.40. The van der Waals surface area contributed by atoms with Gasteiger partial charge in [-0.2, -0.15) is 0 Å². The van der Waals surface area contributed by atoms with Crippen LogP contribution in [0.15, 0.2) is 0 Å². The van der Waals surface area contributed by atoms with Crippen molar-refractivity contribution in [3.63, 3.8) is 0 Å². The van der Waals surface area contributed by atoms with Gasteiger partial charge in [-0.25, -0.2) is 0 Å². The summed E-state index contributed by atoms with van der Waals surface area (Å²) < 4.78 is 0. The van der Waals surface area contributed by atoms with E-state index >= 15 is 0 Å². The summed E-state index contributed by atoms with van der Waals surface area (Å²) in [5.74, 6) is 0.184. The van der Waals surface area contributed by atoms with Crippen molar-refractivity contribution in [2.24, 2.45) is 0 Å². The predicted molar refractivity (Wildman–Crippen MR) is 32.5 cm³/mol. The van der Waals surface area contributed by atoms with Gasteiger partial charge in [0.2, 0.25) is 0 Å². The van der Waals surface area contributed by atoms with Crippen LogP contribution in [0.2, 0.25) is 0 Å². The molecule has 0 bridgehead atoms. The van der Waals surface area contributed by atoms with Crippen molar-refractivity contribution in [3.8, 4) is 0 Å². The van der Waals surface area contributed by atoms with Crippen LogP contribution in [-0.2, 0) is 4.79 Å². The summed E-state index contributed by atoms with van der Waals surface area (Å²) in [6.07, 6.45) is 1.26. The van der Waals surface area contributed by atoms with Crippen LogP contribution in [0.5, 0.6) is 0 Å². The molecule has 8 heavy (non-hydrogen) atoms. The van der Waals surface area contributed by atoms with E-state index in [0.717, 1.165) is 0 Å². The maximum Gasteiger partial charge on any atom is 0.129 e. The maximum atomic E-state index is 10.3. The summed E-state index contributed by atoms with van der Waals surface area (Å²) in [5, 5.41) is 0. The fraction of sp³-hybridized carbons (Fsp3) is 0.833. The number of hydrogen-bond acceptors (Lipinski definition) is 1. The first kappa shape index (κ1) is 7.63. The quantitative estimate of drug-likeness (QED) is 0.540. The van der Waals surface area contributed by atoms with Gasteiger partial charge < -0.3 is 4.79 Å². The molecular weight excluding hydrogens is 102 g/mol. The Hall–Kier alpha value is -0.370. The van der Waals surface area contributed by atoms with Gasteiger partial charge in [-0.3, -0.25) is 5.73 Å². The topological polar surface area (TPSA) is 40.9 Å². The van der Waals surface area contributed by atoms with Crippen molar-refractivity contribution in [2.75, 3.05) is 0 Å². The third kappa shape index (κ3) is 5.63. The van der Waals surface area contributed by atoms with Crippen molar-refractivity contribution in [3.05, 3.63) is 0 Å². The molecule has 0 aliphatic carbocycles. The molecule has 1 radical (unpaired) electrons. The van der Waals surface area contributed by atoms with Crippen LogP contribution in [0.3, 0.4) is 0 Å². The monoisotopic (exact) mass is 114 g/mol. The Balaban J connectivity index is 3.05. The van der Waals surface area contributed by atoms with Crippen LogP contribution in [0, 0.1) is 0 Å². The van der Waals surface area contributed by atoms with E-state index in [1.165, 1.54) is 0 Å². The second-order valence-electron chi connectivity index (χ2n) is 2.14. The summed E-state index contributed by atoms with van der Waals surface area (Å²) in [5.41, 5.74) is 7.02. The lowest BCUT2D eigenvalue weighted by Crippen LogP contribution is -2.04. The third-order valence-corrected chi connectivity index (χ3v) is 0.929. The molecule has 0 amide bonds. The highest BCUT2D eigenvalue weighted by Gasteiger charge is 1.96. The van der Waals surface area contributed by atoms with Crippen LogP contribution in [0.1, 0.15) is 26.7 Å². The Bertz CT molecular complexity index is 78.6. The molecule has 2 heteroatoms. The van der Waals surface area contributed by atoms with Gasteiger partial charge in [-0.05, 0) is 20.3 Å². The molecule has 0 aromatic carbocycles. The van der Waals surface area contributed by atoms with Gasteiger partial charge in [0.15, 0.2) is 0 Å². The highest BCUT2D eigenvalue weighted by atomic mass is 16.1. The standard InChI is InChI=1S/C6H12NO/c1-5(7)3-4-6(2)8/h5,7H,3-4H2,1-2H3. The first-order valence-corrected chi connectivity index (χ1v) is 2.83. The lowest BCUT2D eigenvalue weighted by Gasteiger charge is -1.97. The molecule has 0 spiro atoms. The van der Waals surface area contributed by atoms with E-state index in [4.69, 9.17) is 5.73 Å². The Kier molecular flexibility index (Phi) is 3.44. The molecule has 0 aromatic heterocycles. The van der Waals surface area contributed by atoms with E-state index in [9.17, 15) is 4.79 Å². The number of carbonyl (C=O) groups excluding carboxylic acids is 1. The molecule has 0 heterocycles. The number of Topliss-reactive ketones (excluding diaryl/α,β-unsaturated/α-hetero) is 1. The average molecular weight is 114 g/mol. The molecular formula is C6H12NO. The minimum absolute atomic E-state index is 0.0844. The summed E-state index contributed by atoms with van der Waals surface area (Å²) in [4.78, 5) is 10.3. The van der Waals surface area contributed by atoms with Gasteiger partial charge in [0, 0.05) is 12.5 Å². The smallest absolute Gasteiger partial charge is 0.129 e. The molecule has 0 fully saturated rings. The van der Waals surface area contributed by atoms with E-state index in [0.29, 0.717) is 12.8 Å². The molecule has 0 aromatic rings. The van der Waals surface area contributed by atoms with Gasteiger partial charge in [-0.15, -0.1) is 0 Å². The van der Waals surface area contributed by atoms with Crippen LogP contribution in [-0.4, -0.2) is 11.8 Å². The van der Waals surface area contributed by atoms with Crippen molar-refractivity contribution in [1.82, 2.24) is 5.73 Å². The molecule has 0 rings (SSSR count). The fourth-order valence-corrected chi connectivity index (χ4v) is 0.420. The minimum Gasteiger partial charge on any atom is -0.300 e. The van der Waals surface area contributed by atoms with Gasteiger partial charge in [-0.1, -0.05) is 0 Å². The number of carbonyl (C=O) groups is 1. The maximum absolute atomic E-state index is 10.3. The van der Waals surface area contributed by atoms with E-state index in [-0.39, 0.29) is 11.8 Å². The van der Waals surface area contributed by atoms with Gasteiger partial charge in [0.05, 0.1) is 0 Å². The Morgan fingerprint density at radius 1 is 1.75 bits per heavy atom. The van der Waals surface area contributed by atoms with E-state index in [1.807, 2.05) is 0 Å². The molecule has 1 unspecified atom stereocenters. The van der Waals surface area contributed by atoms with Crippen LogP contribution < -0.4 is 5.73 Å². The number of hydrogen-bond donors (Lipinski definition) is 0. The third-order valence-electron chi connectivity index (χ3n) is 0.929. The zero-order chi connectivity index (χ0) is 6.57. The number of ketones is 1. The van der Waals surface area contributed by atoms with Crippen molar-refractivity contribution >= 4 is 5.78 Å². The largest absolute Gasteiger partial charge is 0.300 e. The highest BCUT2D eigenvalue weighted by Crippen LogP contribution is 1.94. The van der Waals surface area contributed by atoms with Crippen molar-refractivity contribution in [1.29, 1.82) is 0 Å². The average Bonchev–Trinajstić information content (AvgIpc) is 1.61. The van der Waals surface area contributed by atoms with Crippen LogP contribution in [0.25, 0.3) is 0 Å². The van der Waals surface area contributed by atoms with Crippen molar-refractivity contribution < 1.29 is 4.79 Å². The van der Waals surface area contributed by atoms with Gasteiger partial charge in [0.1, 0.15) is 5.78 Å². The second kappa shape index (κ2) is 3.61. The summed E-state index contributed by atoms with van der Waals surface area (Å²) >= 11 is 0. The highest BCUT2D eigenvalue weighted by molar-refractivity contribution is 5.75. The summed E-state index contributed by atoms with van der Waals surface area (Å²) in [7, 11) is 0. The van der Waals surface area contributed by atoms with Gasteiger partial charge >= 0.3 is 0 Å². The minimum atomic E-state index is -0.0844. The van der Waals surface area contributed by atoms with E-state index < -0.39 is 0 Å². The fourth-order valence-electron chi connectivity index (χ4n) is 0.420. The number of rotatable bonds is 3. The van der Waals surface area contributed by atoms with Crippen LogP contribution in [0.4, 0.5) is 0 Å². The Morgan fingerprint density at radius 3 is 2.38 bits per heavy atom. The lowest BCUT2D eigenvalue weighted by atomic mass is 10.1. The van der Waals surface area contributed by atoms with E-state index in [2.05, 4.69) is 0 Å². The Labute approximate surface area is 50.1 Å². The molecule has 0 aliphatic rings. The Morgan fingerprint density at radius 2 is 2.25 bits per heavy atom. The lowest BCUT2D eigenvalue weighted by molar-refractivity contribution is -0.117.